The van der Waals surface area contributed by atoms with E-state index in [2.05, 4.69) is 15.8 Å². The number of anilines is 1. The minimum atomic E-state index is -0.473. The molecule has 3 aromatic carbocycles. The topological polar surface area (TPSA) is 83.7 Å². The lowest BCUT2D eigenvalue weighted by Gasteiger charge is -2.06. The lowest BCUT2D eigenvalue weighted by atomic mass is 10.1. The van der Waals surface area contributed by atoms with Gasteiger partial charge in [-0.05, 0) is 53.2 Å². The summed E-state index contributed by atoms with van der Waals surface area (Å²) in [5.74, 6) is -0.00806. The zero-order chi connectivity index (χ0) is 23.2. The molecule has 0 fully saturated rings. The molecule has 1 heterocycles. The molecule has 0 saturated heterocycles. The molecule has 0 aliphatic heterocycles. The van der Waals surface area contributed by atoms with Gasteiger partial charge in [0.05, 0.1) is 22.6 Å². The van der Waals surface area contributed by atoms with Gasteiger partial charge in [-0.25, -0.2) is 5.43 Å². The molecule has 0 bridgehead atoms. The van der Waals surface area contributed by atoms with E-state index in [1.165, 1.54) is 30.1 Å². The Morgan fingerprint density at radius 2 is 1.79 bits per heavy atom. The molecule has 0 aliphatic rings. The third-order valence-corrected chi connectivity index (χ3v) is 5.97. The normalized spacial score (nSPS) is 11.1. The van der Waals surface area contributed by atoms with Crippen molar-refractivity contribution in [2.75, 3.05) is 11.1 Å². The maximum atomic E-state index is 12.3. The van der Waals surface area contributed by atoms with Crippen LogP contribution >= 0.6 is 35.0 Å². The van der Waals surface area contributed by atoms with E-state index in [0.717, 1.165) is 16.5 Å². The standard InChI is InChI=1S/C24H17Cl2N3O3S/c25-17-6-9-20(21(26)12-17)24(31)29-27-13-19-8-10-23(32-19)33-14-22(30)28-18-7-5-15-3-1-2-4-16(15)11-18/h1-13H,14H2,(H,28,30)(H,29,31)/b27-13-. The summed E-state index contributed by atoms with van der Waals surface area (Å²) in [6.07, 6.45) is 1.36. The molecule has 0 unspecified atom stereocenters. The summed E-state index contributed by atoms with van der Waals surface area (Å²) in [5, 5.41) is 10.2. The zero-order valence-electron chi connectivity index (χ0n) is 17.0. The average Bonchev–Trinajstić information content (AvgIpc) is 3.25. The second-order valence-corrected chi connectivity index (χ2v) is 8.70. The number of halogens is 2. The van der Waals surface area contributed by atoms with Crippen LogP contribution in [0.1, 0.15) is 16.1 Å². The molecule has 0 spiro atoms. The Morgan fingerprint density at radius 1 is 0.970 bits per heavy atom. The van der Waals surface area contributed by atoms with E-state index in [0.29, 0.717) is 15.9 Å². The van der Waals surface area contributed by atoms with E-state index >= 15 is 0 Å². The molecule has 0 saturated carbocycles. The van der Waals surface area contributed by atoms with Crippen molar-refractivity contribution in [2.45, 2.75) is 5.09 Å². The minimum Gasteiger partial charge on any atom is -0.449 e. The van der Waals surface area contributed by atoms with E-state index in [-0.39, 0.29) is 22.2 Å². The Kier molecular flexibility index (Phi) is 7.34. The predicted octanol–water partition coefficient (Wildman–Crippen LogP) is 6.23. The van der Waals surface area contributed by atoms with Gasteiger partial charge < -0.3 is 9.73 Å². The number of thioether (sulfide) groups is 1. The second kappa shape index (κ2) is 10.6. The van der Waals surface area contributed by atoms with E-state index in [9.17, 15) is 9.59 Å². The van der Waals surface area contributed by atoms with Gasteiger partial charge >= 0.3 is 0 Å². The number of hydrazone groups is 1. The van der Waals surface area contributed by atoms with E-state index in [1.54, 1.807) is 18.2 Å². The zero-order valence-corrected chi connectivity index (χ0v) is 19.4. The Morgan fingerprint density at radius 3 is 2.61 bits per heavy atom. The third-order valence-electron chi connectivity index (χ3n) is 4.51. The Hall–Kier alpha value is -3.26. The molecule has 6 nitrogen and oxygen atoms in total. The van der Waals surface area contributed by atoms with Crippen molar-refractivity contribution < 1.29 is 14.0 Å². The van der Waals surface area contributed by atoms with Crippen LogP contribution in [0.15, 0.2) is 87.4 Å². The number of nitrogens with zero attached hydrogens (tertiary/aromatic N) is 1. The van der Waals surface area contributed by atoms with Gasteiger partial charge in [-0.1, -0.05) is 65.3 Å². The van der Waals surface area contributed by atoms with Crippen molar-refractivity contribution in [3.63, 3.8) is 0 Å². The van der Waals surface area contributed by atoms with Crippen LogP contribution in [0.5, 0.6) is 0 Å². The number of fused-ring (bicyclic) bond motifs is 1. The predicted molar refractivity (Wildman–Crippen MR) is 134 cm³/mol. The lowest BCUT2D eigenvalue weighted by molar-refractivity contribution is -0.113. The number of carbonyl (C=O) groups is 2. The van der Waals surface area contributed by atoms with Crippen LogP contribution in [-0.4, -0.2) is 23.8 Å². The number of furan rings is 1. The van der Waals surface area contributed by atoms with Gasteiger partial charge in [-0.15, -0.1) is 0 Å². The maximum Gasteiger partial charge on any atom is 0.272 e. The smallest absolute Gasteiger partial charge is 0.272 e. The number of benzene rings is 3. The highest BCUT2D eigenvalue weighted by Gasteiger charge is 2.10. The van der Waals surface area contributed by atoms with E-state index in [4.69, 9.17) is 27.6 Å². The van der Waals surface area contributed by atoms with Crippen LogP contribution in [0.4, 0.5) is 5.69 Å². The molecular formula is C24H17Cl2N3O3S. The Bertz CT molecular complexity index is 1350. The first kappa shape index (κ1) is 22.9. The molecule has 4 aromatic rings. The van der Waals surface area contributed by atoms with E-state index in [1.807, 2.05) is 42.5 Å². The first-order valence-corrected chi connectivity index (χ1v) is 11.5. The molecule has 9 heteroatoms. The summed E-state index contributed by atoms with van der Waals surface area (Å²) >= 11 is 13.1. The monoisotopic (exact) mass is 497 g/mol. The summed E-state index contributed by atoms with van der Waals surface area (Å²) in [7, 11) is 0. The maximum absolute atomic E-state index is 12.3. The van der Waals surface area contributed by atoms with Gasteiger partial charge in [0.15, 0.2) is 5.09 Å². The highest BCUT2D eigenvalue weighted by atomic mass is 35.5. The van der Waals surface area contributed by atoms with Crippen molar-refractivity contribution in [3.05, 3.63) is 94.2 Å². The summed E-state index contributed by atoms with van der Waals surface area (Å²) in [4.78, 5) is 24.4. The van der Waals surface area contributed by atoms with Crippen molar-refractivity contribution in [1.82, 2.24) is 5.43 Å². The number of hydrogen-bond donors (Lipinski definition) is 2. The SMILES string of the molecule is O=C(CSc1ccc(/C=N\NC(=O)c2ccc(Cl)cc2Cl)o1)Nc1ccc2ccccc2c1. The van der Waals surface area contributed by atoms with Gasteiger partial charge in [0.1, 0.15) is 5.76 Å². The van der Waals surface area contributed by atoms with Crippen LogP contribution in [-0.2, 0) is 4.79 Å². The molecule has 0 atom stereocenters. The minimum absolute atomic E-state index is 0.144. The Labute approximate surface area is 203 Å². The fourth-order valence-electron chi connectivity index (χ4n) is 2.97. The third kappa shape index (κ3) is 6.16. The van der Waals surface area contributed by atoms with Crippen LogP contribution in [0.2, 0.25) is 10.0 Å². The molecule has 0 aliphatic carbocycles. The van der Waals surface area contributed by atoms with Crippen LogP contribution in [0, 0.1) is 0 Å². The highest BCUT2D eigenvalue weighted by molar-refractivity contribution is 7.99. The second-order valence-electron chi connectivity index (χ2n) is 6.88. The number of carbonyl (C=O) groups excluding carboxylic acids is 2. The van der Waals surface area contributed by atoms with Gasteiger partial charge in [0.25, 0.3) is 5.91 Å². The van der Waals surface area contributed by atoms with Crippen molar-refractivity contribution >= 4 is 69.5 Å². The first-order chi connectivity index (χ1) is 16.0. The number of nitrogens with one attached hydrogen (secondary N) is 2. The van der Waals surface area contributed by atoms with Crippen molar-refractivity contribution in [2.24, 2.45) is 5.10 Å². The number of amides is 2. The van der Waals surface area contributed by atoms with Gasteiger partial charge in [0, 0.05) is 10.7 Å². The van der Waals surface area contributed by atoms with Crippen LogP contribution < -0.4 is 10.7 Å². The molecule has 0 radical (unpaired) electrons. The summed E-state index contributed by atoms with van der Waals surface area (Å²) in [6.45, 7) is 0. The molecule has 166 valence electrons. The summed E-state index contributed by atoms with van der Waals surface area (Å²) < 4.78 is 5.61. The fourth-order valence-corrected chi connectivity index (χ4v) is 4.13. The largest absolute Gasteiger partial charge is 0.449 e. The first-order valence-electron chi connectivity index (χ1n) is 9.78. The summed E-state index contributed by atoms with van der Waals surface area (Å²) in [5.41, 5.74) is 3.37. The van der Waals surface area contributed by atoms with Gasteiger partial charge in [-0.2, -0.15) is 5.10 Å². The highest BCUT2D eigenvalue weighted by Crippen LogP contribution is 2.23. The Balaban J connectivity index is 1.27. The quantitative estimate of drug-likeness (QED) is 0.180. The molecule has 2 amide bonds. The number of rotatable bonds is 7. The molecule has 1 aromatic heterocycles. The van der Waals surface area contributed by atoms with Crippen molar-refractivity contribution in [1.29, 1.82) is 0 Å². The van der Waals surface area contributed by atoms with Crippen molar-refractivity contribution in [3.8, 4) is 0 Å². The molecule has 4 rings (SSSR count). The van der Waals surface area contributed by atoms with Crippen LogP contribution in [0.25, 0.3) is 10.8 Å². The fraction of sp³-hybridized carbons (Fsp3) is 0.0417. The number of hydrogen-bond acceptors (Lipinski definition) is 5. The molecule has 2 N–H and O–H groups in total. The van der Waals surface area contributed by atoms with Crippen LogP contribution in [0.3, 0.4) is 0 Å². The lowest BCUT2D eigenvalue weighted by Crippen LogP contribution is -2.17. The average molecular weight is 498 g/mol. The summed E-state index contributed by atoms with van der Waals surface area (Å²) in [6, 6.07) is 21.7. The molecular weight excluding hydrogens is 481 g/mol. The van der Waals surface area contributed by atoms with Gasteiger partial charge in [0.2, 0.25) is 5.91 Å². The van der Waals surface area contributed by atoms with E-state index < -0.39 is 5.91 Å². The van der Waals surface area contributed by atoms with Gasteiger partial charge in [-0.3, -0.25) is 9.59 Å². The molecule has 33 heavy (non-hydrogen) atoms.